The van der Waals surface area contributed by atoms with Gasteiger partial charge in [-0.05, 0) is 13.8 Å². The van der Waals surface area contributed by atoms with Crippen molar-refractivity contribution in [3.63, 3.8) is 0 Å². The fourth-order valence-corrected chi connectivity index (χ4v) is 1.18. The van der Waals surface area contributed by atoms with Gasteiger partial charge in [0.2, 0.25) is 0 Å². The number of aromatic nitrogens is 3. The molecule has 0 fully saturated rings. The molecule has 62 valence electrons. The van der Waals surface area contributed by atoms with Crippen LogP contribution in [0, 0.1) is 0 Å². The minimum absolute atomic E-state index is 0.409. The van der Waals surface area contributed by atoms with Gasteiger partial charge in [-0.3, -0.25) is 0 Å². The molecule has 0 spiro atoms. The molecule has 0 amide bonds. The van der Waals surface area contributed by atoms with Crippen LogP contribution in [0.1, 0.15) is 25.6 Å². The molecule has 0 aliphatic heterocycles. The van der Waals surface area contributed by atoms with Gasteiger partial charge in [-0.25, -0.2) is 4.68 Å². The van der Waals surface area contributed by atoms with E-state index in [9.17, 15) is 0 Å². The molecule has 0 saturated heterocycles. The highest BCUT2D eigenvalue weighted by Crippen LogP contribution is 2.03. The lowest BCUT2D eigenvalue weighted by atomic mass is 10.3. The quantitative estimate of drug-likeness (QED) is 0.724. The molecule has 0 aliphatic carbocycles. The first kappa shape index (κ1) is 8.71. The molecule has 0 unspecified atom stereocenters. The first-order chi connectivity index (χ1) is 5.24. The second-order valence-electron chi connectivity index (χ2n) is 2.72. The SMILES string of the molecule is CC(C)n1cc(CCBr)nn1. The van der Waals surface area contributed by atoms with Crippen molar-refractivity contribution < 1.29 is 0 Å². The van der Waals surface area contributed by atoms with Crippen LogP contribution in [0.25, 0.3) is 0 Å². The van der Waals surface area contributed by atoms with E-state index in [-0.39, 0.29) is 0 Å². The monoisotopic (exact) mass is 217 g/mol. The number of rotatable bonds is 3. The Labute approximate surface area is 74.9 Å². The Kier molecular flexibility index (Phi) is 3.05. The standard InChI is InChI=1S/C7H12BrN3/c1-6(2)11-5-7(3-4-8)9-10-11/h5-6H,3-4H2,1-2H3. The summed E-state index contributed by atoms with van der Waals surface area (Å²) in [6, 6.07) is 0.409. The Morgan fingerprint density at radius 3 is 2.82 bits per heavy atom. The topological polar surface area (TPSA) is 30.7 Å². The maximum atomic E-state index is 4.01. The summed E-state index contributed by atoms with van der Waals surface area (Å²) in [6.45, 7) is 4.18. The van der Waals surface area contributed by atoms with Crippen molar-refractivity contribution in [1.82, 2.24) is 15.0 Å². The maximum Gasteiger partial charge on any atom is 0.0835 e. The largest absolute Gasteiger partial charge is 0.250 e. The van der Waals surface area contributed by atoms with Crippen LogP contribution >= 0.6 is 15.9 Å². The van der Waals surface area contributed by atoms with Gasteiger partial charge < -0.3 is 0 Å². The van der Waals surface area contributed by atoms with Crippen molar-refractivity contribution in [2.24, 2.45) is 0 Å². The van der Waals surface area contributed by atoms with E-state index in [4.69, 9.17) is 0 Å². The molecule has 1 aromatic rings. The molecule has 0 radical (unpaired) electrons. The second-order valence-corrected chi connectivity index (χ2v) is 3.52. The zero-order valence-corrected chi connectivity index (χ0v) is 8.37. The summed E-state index contributed by atoms with van der Waals surface area (Å²) in [5.41, 5.74) is 1.05. The highest BCUT2D eigenvalue weighted by molar-refractivity contribution is 9.09. The number of alkyl halides is 1. The lowest BCUT2D eigenvalue weighted by Gasteiger charge is -2.00. The molecular formula is C7H12BrN3. The molecule has 0 bridgehead atoms. The summed E-state index contributed by atoms with van der Waals surface area (Å²) in [4.78, 5) is 0. The van der Waals surface area contributed by atoms with E-state index >= 15 is 0 Å². The number of hydrogen-bond donors (Lipinski definition) is 0. The summed E-state index contributed by atoms with van der Waals surface area (Å²) in [7, 11) is 0. The summed E-state index contributed by atoms with van der Waals surface area (Å²) in [5, 5.41) is 8.94. The average Bonchev–Trinajstić information content (AvgIpc) is 2.37. The van der Waals surface area contributed by atoms with E-state index < -0.39 is 0 Å². The molecule has 1 rings (SSSR count). The van der Waals surface area contributed by atoms with Crippen molar-refractivity contribution in [3.05, 3.63) is 11.9 Å². The van der Waals surface area contributed by atoms with Crippen LogP contribution in [0.5, 0.6) is 0 Å². The van der Waals surface area contributed by atoms with Gasteiger partial charge >= 0.3 is 0 Å². The number of aryl methyl sites for hydroxylation is 1. The minimum Gasteiger partial charge on any atom is -0.250 e. The van der Waals surface area contributed by atoms with E-state index in [1.165, 1.54) is 0 Å². The average molecular weight is 218 g/mol. The minimum atomic E-state index is 0.409. The van der Waals surface area contributed by atoms with Gasteiger partial charge in [0.25, 0.3) is 0 Å². The highest BCUT2D eigenvalue weighted by atomic mass is 79.9. The van der Waals surface area contributed by atoms with E-state index in [0.717, 1.165) is 17.4 Å². The lowest BCUT2D eigenvalue weighted by Crippen LogP contribution is -2.00. The summed E-state index contributed by atoms with van der Waals surface area (Å²) >= 11 is 3.36. The molecule has 1 aromatic heterocycles. The van der Waals surface area contributed by atoms with Crippen molar-refractivity contribution >= 4 is 15.9 Å². The van der Waals surface area contributed by atoms with Crippen LogP contribution in [-0.4, -0.2) is 20.3 Å². The van der Waals surface area contributed by atoms with Crippen molar-refractivity contribution in [2.45, 2.75) is 26.3 Å². The lowest BCUT2D eigenvalue weighted by molar-refractivity contribution is 0.514. The molecule has 4 heteroatoms. The predicted molar refractivity (Wildman–Crippen MR) is 47.9 cm³/mol. The van der Waals surface area contributed by atoms with E-state index in [1.807, 2.05) is 10.9 Å². The van der Waals surface area contributed by atoms with E-state index in [0.29, 0.717) is 6.04 Å². The molecule has 0 atom stereocenters. The Morgan fingerprint density at radius 1 is 1.64 bits per heavy atom. The van der Waals surface area contributed by atoms with Gasteiger partial charge in [-0.2, -0.15) is 0 Å². The summed E-state index contributed by atoms with van der Waals surface area (Å²) < 4.78 is 1.87. The Balaban J connectivity index is 2.66. The van der Waals surface area contributed by atoms with Crippen LogP contribution in [0.2, 0.25) is 0 Å². The van der Waals surface area contributed by atoms with Gasteiger partial charge in [0, 0.05) is 24.0 Å². The third-order valence-electron chi connectivity index (χ3n) is 1.44. The molecule has 3 nitrogen and oxygen atoms in total. The van der Waals surface area contributed by atoms with Crippen LogP contribution < -0.4 is 0 Å². The number of nitrogens with zero attached hydrogens (tertiary/aromatic N) is 3. The molecule has 0 saturated carbocycles. The van der Waals surface area contributed by atoms with Gasteiger partial charge in [0.1, 0.15) is 0 Å². The van der Waals surface area contributed by atoms with E-state index in [1.54, 1.807) is 0 Å². The third-order valence-corrected chi connectivity index (χ3v) is 1.83. The van der Waals surface area contributed by atoms with Crippen LogP contribution in [-0.2, 0) is 6.42 Å². The predicted octanol–water partition coefficient (Wildman–Crippen LogP) is 1.80. The molecule has 1 heterocycles. The fraction of sp³-hybridized carbons (Fsp3) is 0.714. The first-order valence-electron chi connectivity index (χ1n) is 3.70. The third kappa shape index (κ3) is 2.29. The molecule has 0 N–H and O–H groups in total. The summed E-state index contributed by atoms with van der Waals surface area (Å²) in [6.07, 6.45) is 2.94. The van der Waals surface area contributed by atoms with Crippen molar-refractivity contribution in [2.75, 3.05) is 5.33 Å². The van der Waals surface area contributed by atoms with E-state index in [2.05, 4.69) is 40.1 Å². The number of hydrogen-bond acceptors (Lipinski definition) is 2. The molecular weight excluding hydrogens is 206 g/mol. The normalized spacial score (nSPS) is 10.9. The Morgan fingerprint density at radius 2 is 2.36 bits per heavy atom. The maximum absolute atomic E-state index is 4.01. The Hall–Kier alpha value is -0.380. The van der Waals surface area contributed by atoms with Crippen LogP contribution in [0.3, 0.4) is 0 Å². The smallest absolute Gasteiger partial charge is 0.0835 e. The van der Waals surface area contributed by atoms with Crippen molar-refractivity contribution in [1.29, 1.82) is 0 Å². The first-order valence-corrected chi connectivity index (χ1v) is 4.83. The Bertz CT molecular complexity index is 219. The van der Waals surface area contributed by atoms with Gasteiger partial charge in [-0.1, -0.05) is 21.1 Å². The number of halogens is 1. The molecule has 0 aliphatic rings. The molecule has 11 heavy (non-hydrogen) atoms. The van der Waals surface area contributed by atoms with Gasteiger partial charge in [-0.15, -0.1) is 5.10 Å². The van der Waals surface area contributed by atoms with Crippen LogP contribution in [0.4, 0.5) is 0 Å². The van der Waals surface area contributed by atoms with Crippen molar-refractivity contribution in [3.8, 4) is 0 Å². The zero-order valence-electron chi connectivity index (χ0n) is 6.79. The van der Waals surface area contributed by atoms with Crippen LogP contribution in [0.15, 0.2) is 6.20 Å². The van der Waals surface area contributed by atoms with Gasteiger partial charge in [0.05, 0.1) is 5.69 Å². The highest BCUT2D eigenvalue weighted by Gasteiger charge is 2.01. The van der Waals surface area contributed by atoms with Gasteiger partial charge in [0.15, 0.2) is 0 Å². The zero-order chi connectivity index (χ0) is 8.27. The fourth-order valence-electron chi connectivity index (χ4n) is 0.777. The second kappa shape index (κ2) is 3.85. The molecule has 0 aromatic carbocycles. The summed E-state index contributed by atoms with van der Waals surface area (Å²) in [5.74, 6) is 0.